The van der Waals surface area contributed by atoms with E-state index in [-0.39, 0.29) is 11.9 Å². The van der Waals surface area contributed by atoms with E-state index in [9.17, 15) is 4.79 Å². The molecular weight excluding hydrogens is 362 g/mol. The van der Waals surface area contributed by atoms with E-state index >= 15 is 0 Å². The molecule has 0 aliphatic carbocycles. The normalized spacial score (nSPS) is 12.0. The third-order valence-corrected chi connectivity index (χ3v) is 4.72. The van der Waals surface area contributed by atoms with Crippen LogP contribution in [0.2, 0.25) is 0 Å². The van der Waals surface area contributed by atoms with Crippen LogP contribution in [0.25, 0.3) is 11.4 Å². The maximum atomic E-state index is 13.1. The van der Waals surface area contributed by atoms with Gasteiger partial charge in [-0.25, -0.2) is 4.98 Å². The highest BCUT2D eigenvalue weighted by Gasteiger charge is 2.24. The van der Waals surface area contributed by atoms with E-state index in [4.69, 9.17) is 4.74 Å². The molecule has 1 atom stereocenters. The maximum Gasteiger partial charge on any atom is 0.254 e. The molecule has 0 aliphatic rings. The molecule has 0 aliphatic heterocycles. The molecule has 2 aromatic heterocycles. The van der Waals surface area contributed by atoms with Crippen LogP contribution in [-0.2, 0) is 4.74 Å². The third kappa shape index (κ3) is 4.35. The SMILES string of the molecule is COC[C@@H](c1ccccn1)N(C)C(=O)c1cccc(-c2nc(SC)n[nH]2)c1. The molecule has 0 fully saturated rings. The second kappa shape index (κ2) is 8.79. The number of ether oxygens (including phenoxy) is 1. The summed E-state index contributed by atoms with van der Waals surface area (Å²) >= 11 is 1.46. The molecule has 0 saturated carbocycles. The Labute approximate surface area is 162 Å². The van der Waals surface area contributed by atoms with Crippen LogP contribution in [0.5, 0.6) is 0 Å². The van der Waals surface area contributed by atoms with Gasteiger partial charge in [-0.3, -0.25) is 14.9 Å². The number of rotatable bonds is 7. The van der Waals surface area contributed by atoms with Gasteiger partial charge in [0.15, 0.2) is 5.82 Å². The zero-order chi connectivity index (χ0) is 19.2. The molecule has 140 valence electrons. The van der Waals surface area contributed by atoms with Gasteiger partial charge in [-0.1, -0.05) is 30.0 Å². The zero-order valence-electron chi connectivity index (χ0n) is 15.4. The quantitative estimate of drug-likeness (QED) is 0.631. The van der Waals surface area contributed by atoms with E-state index in [0.29, 0.717) is 23.2 Å². The fourth-order valence-electron chi connectivity index (χ4n) is 2.74. The molecule has 1 amide bonds. The first-order valence-electron chi connectivity index (χ1n) is 8.38. The van der Waals surface area contributed by atoms with Gasteiger partial charge in [0.05, 0.1) is 18.3 Å². The monoisotopic (exact) mass is 383 g/mol. The first kappa shape index (κ1) is 19.1. The van der Waals surface area contributed by atoms with Gasteiger partial charge in [0.25, 0.3) is 5.91 Å². The molecule has 1 N–H and O–H groups in total. The largest absolute Gasteiger partial charge is 0.382 e. The van der Waals surface area contributed by atoms with Crippen molar-refractivity contribution in [1.82, 2.24) is 25.1 Å². The molecule has 8 heteroatoms. The second-order valence-electron chi connectivity index (χ2n) is 5.89. The fourth-order valence-corrected chi connectivity index (χ4v) is 3.06. The van der Waals surface area contributed by atoms with Gasteiger partial charge in [-0.15, -0.1) is 5.10 Å². The predicted molar refractivity (Wildman–Crippen MR) is 105 cm³/mol. The van der Waals surface area contributed by atoms with E-state index in [1.165, 1.54) is 11.8 Å². The number of amides is 1. The highest BCUT2D eigenvalue weighted by atomic mass is 32.2. The van der Waals surface area contributed by atoms with Crippen LogP contribution < -0.4 is 0 Å². The molecule has 3 rings (SSSR count). The van der Waals surface area contributed by atoms with E-state index in [0.717, 1.165) is 11.3 Å². The molecule has 0 bridgehead atoms. The summed E-state index contributed by atoms with van der Waals surface area (Å²) in [4.78, 5) is 23.5. The van der Waals surface area contributed by atoms with Crippen molar-refractivity contribution < 1.29 is 9.53 Å². The number of pyridine rings is 1. The number of likely N-dealkylation sites (N-methyl/N-ethyl adjacent to an activating group) is 1. The molecule has 1 aromatic carbocycles. The Hall–Kier alpha value is -2.71. The smallest absolute Gasteiger partial charge is 0.254 e. The summed E-state index contributed by atoms with van der Waals surface area (Å²) in [7, 11) is 3.37. The summed E-state index contributed by atoms with van der Waals surface area (Å²) in [6.07, 6.45) is 3.62. The molecule has 3 aromatic rings. The molecule has 0 spiro atoms. The average molecular weight is 383 g/mol. The van der Waals surface area contributed by atoms with Crippen LogP contribution in [0, 0.1) is 0 Å². The third-order valence-electron chi connectivity index (χ3n) is 4.17. The van der Waals surface area contributed by atoms with Gasteiger partial charge >= 0.3 is 0 Å². The van der Waals surface area contributed by atoms with Crippen LogP contribution in [0.4, 0.5) is 0 Å². The van der Waals surface area contributed by atoms with Crippen molar-refractivity contribution in [1.29, 1.82) is 0 Å². The van der Waals surface area contributed by atoms with Crippen molar-refractivity contribution in [2.24, 2.45) is 0 Å². The van der Waals surface area contributed by atoms with Gasteiger partial charge in [-0.05, 0) is 30.5 Å². The van der Waals surface area contributed by atoms with Crippen LogP contribution in [-0.4, -0.2) is 58.0 Å². The minimum absolute atomic E-state index is 0.117. The molecular formula is C19H21N5O2S. The standard InChI is InChI=1S/C19H21N5O2S/c1-24(16(12-26-2)15-9-4-5-10-20-15)18(25)14-8-6-7-13(11-14)17-21-19(27-3)23-22-17/h4-11,16H,12H2,1-3H3,(H,21,22,23)/t16-/m0/s1. The number of thioether (sulfide) groups is 1. The van der Waals surface area contributed by atoms with E-state index in [1.807, 2.05) is 42.7 Å². The Balaban J connectivity index is 1.86. The number of hydrogen-bond donors (Lipinski definition) is 1. The zero-order valence-corrected chi connectivity index (χ0v) is 16.2. The Kier molecular flexibility index (Phi) is 6.20. The number of nitrogens with one attached hydrogen (secondary N) is 1. The van der Waals surface area contributed by atoms with Gasteiger partial charge in [-0.2, -0.15) is 0 Å². The second-order valence-corrected chi connectivity index (χ2v) is 6.67. The number of carbonyl (C=O) groups excluding carboxylic acids is 1. The minimum Gasteiger partial charge on any atom is -0.382 e. The Morgan fingerprint density at radius 1 is 1.30 bits per heavy atom. The topological polar surface area (TPSA) is 84.0 Å². The first-order valence-corrected chi connectivity index (χ1v) is 9.60. The van der Waals surface area contributed by atoms with Crippen molar-refractivity contribution in [3.8, 4) is 11.4 Å². The van der Waals surface area contributed by atoms with E-state index in [2.05, 4.69) is 20.2 Å². The Morgan fingerprint density at radius 3 is 2.81 bits per heavy atom. The first-order chi connectivity index (χ1) is 13.1. The minimum atomic E-state index is -0.277. The number of nitrogens with zero attached hydrogens (tertiary/aromatic N) is 4. The van der Waals surface area contributed by atoms with Gasteiger partial charge in [0, 0.05) is 31.5 Å². The summed E-state index contributed by atoms with van der Waals surface area (Å²) in [5.41, 5.74) is 2.16. The maximum absolute atomic E-state index is 13.1. The lowest BCUT2D eigenvalue weighted by atomic mass is 10.1. The molecule has 2 heterocycles. The Morgan fingerprint density at radius 2 is 2.15 bits per heavy atom. The molecule has 27 heavy (non-hydrogen) atoms. The highest BCUT2D eigenvalue weighted by Crippen LogP contribution is 2.23. The molecule has 0 unspecified atom stereocenters. The van der Waals surface area contributed by atoms with Crippen LogP contribution >= 0.6 is 11.8 Å². The van der Waals surface area contributed by atoms with E-state index < -0.39 is 0 Å². The van der Waals surface area contributed by atoms with Gasteiger partial charge < -0.3 is 9.64 Å². The van der Waals surface area contributed by atoms with Crippen LogP contribution in [0.1, 0.15) is 22.1 Å². The highest BCUT2D eigenvalue weighted by molar-refractivity contribution is 7.98. The van der Waals surface area contributed by atoms with Crippen LogP contribution in [0.15, 0.2) is 53.8 Å². The summed E-state index contributed by atoms with van der Waals surface area (Å²) in [6.45, 7) is 0.359. The van der Waals surface area contributed by atoms with Crippen molar-refractivity contribution in [2.45, 2.75) is 11.2 Å². The summed E-state index contributed by atoms with van der Waals surface area (Å²) in [6, 6.07) is 12.7. The lowest BCUT2D eigenvalue weighted by molar-refractivity contribution is 0.0595. The van der Waals surface area contributed by atoms with Crippen molar-refractivity contribution in [3.63, 3.8) is 0 Å². The molecule has 0 radical (unpaired) electrons. The number of carbonyl (C=O) groups is 1. The predicted octanol–water partition coefficient (Wildman–Crippen LogP) is 3.05. The number of benzene rings is 1. The van der Waals surface area contributed by atoms with Crippen molar-refractivity contribution >= 4 is 17.7 Å². The van der Waals surface area contributed by atoms with Crippen molar-refractivity contribution in [2.75, 3.05) is 27.0 Å². The fraction of sp³-hybridized carbons (Fsp3) is 0.263. The van der Waals surface area contributed by atoms with E-state index in [1.54, 1.807) is 31.3 Å². The van der Waals surface area contributed by atoms with Crippen LogP contribution in [0.3, 0.4) is 0 Å². The van der Waals surface area contributed by atoms with Gasteiger partial charge in [0.2, 0.25) is 5.16 Å². The lowest BCUT2D eigenvalue weighted by Crippen LogP contribution is -2.34. The summed E-state index contributed by atoms with van der Waals surface area (Å²) in [5.74, 6) is 0.518. The van der Waals surface area contributed by atoms with Gasteiger partial charge in [0.1, 0.15) is 0 Å². The molecule has 0 saturated heterocycles. The number of aromatic nitrogens is 4. The lowest BCUT2D eigenvalue weighted by Gasteiger charge is -2.27. The average Bonchev–Trinajstić information content (AvgIpc) is 3.21. The summed E-state index contributed by atoms with van der Waals surface area (Å²) in [5, 5.41) is 7.68. The number of hydrogen-bond acceptors (Lipinski definition) is 6. The summed E-state index contributed by atoms with van der Waals surface area (Å²) < 4.78 is 5.31. The number of H-pyrrole nitrogens is 1. The Bertz CT molecular complexity index is 900. The number of methoxy groups -OCH3 is 1. The van der Waals surface area contributed by atoms with Crippen molar-refractivity contribution in [3.05, 3.63) is 59.9 Å². The molecule has 7 nitrogen and oxygen atoms in total. The number of aromatic amines is 1.